The summed E-state index contributed by atoms with van der Waals surface area (Å²) >= 11 is 0. The van der Waals surface area contributed by atoms with Gasteiger partial charge in [0.05, 0.1) is 13.3 Å². The van der Waals surface area contributed by atoms with Gasteiger partial charge in [-0.3, -0.25) is 4.68 Å². The van der Waals surface area contributed by atoms with E-state index in [1.807, 2.05) is 6.92 Å². The minimum atomic E-state index is -1.04. The van der Waals surface area contributed by atoms with Gasteiger partial charge in [0.25, 0.3) is 0 Å². The van der Waals surface area contributed by atoms with Crippen molar-refractivity contribution in [1.82, 2.24) is 15.1 Å². The first kappa shape index (κ1) is 16.5. The first-order chi connectivity index (χ1) is 10.3. The molecule has 22 heavy (non-hydrogen) atoms. The van der Waals surface area contributed by atoms with Crippen molar-refractivity contribution in [2.75, 3.05) is 13.7 Å². The summed E-state index contributed by atoms with van der Waals surface area (Å²) in [5.41, 5.74) is 0.596. The molecule has 6 heteroatoms. The Labute approximate surface area is 129 Å². The lowest BCUT2D eigenvalue weighted by molar-refractivity contribution is 0.0543. The van der Waals surface area contributed by atoms with Crippen LogP contribution in [-0.4, -0.2) is 28.5 Å². The van der Waals surface area contributed by atoms with Crippen LogP contribution in [0.3, 0.4) is 0 Å². The Morgan fingerprint density at radius 2 is 2.23 bits per heavy atom. The standard InChI is InChI=1S/C16H22FN3O2/c1-11(12-5-6-14(17)15(7-12)22-4)18-10-16(2,21)13-8-19-20(3)9-13/h5-9,11,18,21H,10H2,1-4H3. The smallest absolute Gasteiger partial charge is 0.165 e. The summed E-state index contributed by atoms with van der Waals surface area (Å²) in [6.45, 7) is 4.03. The predicted molar refractivity (Wildman–Crippen MR) is 82.1 cm³/mol. The van der Waals surface area contributed by atoms with Gasteiger partial charge >= 0.3 is 0 Å². The topological polar surface area (TPSA) is 59.3 Å². The van der Waals surface area contributed by atoms with E-state index >= 15 is 0 Å². The number of benzene rings is 1. The second kappa shape index (κ2) is 6.46. The van der Waals surface area contributed by atoms with Gasteiger partial charge in [-0.25, -0.2) is 4.39 Å². The summed E-state index contributed by atoms with van der Waals surface area (Å²) in [6, 6.07) is 4.68. The molecule has 0 fully saturated rings. The zero-order chi connectivity index (χ0) is 16.3. The third-order valence-electron chi connectivity index (χ3n) is 3.75. The minimum Gasteiger partial charge on any atom is -0.494 e. The van der Waals surface area contributed by atoms with Crippen LogP contribution >= 0.6 is 0 Å². The lowest BCUT2D eigenvalue weighted by Crippen LogP contribution is -2.36. The maximum Gasteiger partial charge on any atom is 0.165 e. The van der Waals surface area contributed by atoms with Gasteiger partial charge in [-0.2, -0.15) is 5.10 Å². The van der Waals surface area contributed by atoms with Crippen LogP contribution in [0.5, 0.6) is 5.75 Å². The van der Waals surface area contributed by atoms with Crippen molar-refractivity contribution >= 4 is 0 Å². The highest BCUT2D eigenvalue weighted by Gasteiger charge is 2.25. The Bertz CT molecular complexity index is 640. The highest BCUT2D eigenvalue weighted by Crippen LogP contribution is 2.24. The van der Waals surface area contributed by atoms with Crippen molar-refractivity contribution in [1.29, 1.82) is 0 Å². The predicted octanol–water partition coefficient (Wildman–Crippen LogP) is 2.13. The minimum absolute atomic E-state index is 0.0577. The molecule has 0 saturated carbocycles. The molecule has 1 heterocycles. The number of ether oxygens (including phenoxy) is 1. The molecule has 1 aromatic carbocycles. The largest absolute Gasteiger partial charge is 0.494 e. The Kier molecular flexibility index (Phi) is 4.83. The Morgan fingerprint density at radius 1 is 1.50 bits per heavy atom. The number of hydrogen-bond acceptors (Lipinski definition) is 4. The highest BCUT2D eigenvalue weighted by atomic mass is 19.1. The zero-order valence-electron chi connectivity index (χ0n) is 13.3. The third kappa shape index (κ3) is 3.64. The van der Waals surface area contributed by atoms with Crippen LogP contribution in [0.4, 0.5) is 4.39 Å². The molecule has 0 amide bonds. The van der Waals surface area contributed by atoms with Crippen LogP contribution in [-0.2, 0) is 12.6 Å². The van der Waals surface area contributed by atoms with E-state index in [0.717, 1.165) is 11.1 Å². The van der Waals surface area contributed by atoms with Crippen LogP contribution in [0.25, 0.3) is 0 Å². The molecular formula is C16H22FN3O2. The monoisotopic (exact) mass is 307 g/mol. The molecule has 5 nitrogen and oxygen atoms in total. The summed E-state index contributed by atoms with van der Waals surface area (Å²) in [5, 5.41) is 17.9. The molecular weight excluding hydrogens is 285 g/mol. The molecule has 2 unspecified atom stereocenters. The molecule has 2 atom stereocenters. The molecule has 2 aromatic rings. The molecule has 0 aliphatic heterocycles. The van der Waals surface area contributed by atoms with Crippen LogP contribution < -0.4 is 10.1 Å². The molecule has 0 aliphatic carbocycles. The van der Waals surface area contributed by atoms with E-state index in [4.69, 9.17) is 4.74 Å². The van der Waals surface area contributed by atoms with E-state index in [9.17, 15) is 9.50 Å². The van der Waals surface area contributed by atoms with E-state index in [2.05, 4.69) is 10.4 Å². The lowest BCUT2D eigenvalue weighted by Gasteiger charge is -2.25. The van der Waals surface area contributed by atoms with Crippen LogP contribution in [0.15, 0.2) is 30.6 Å². The van der Waals surface area contributed by atoms with Gasteiger partial charge in [0.1, 0.15) is 5.60 Å². The van der Waals surface area contributed by atoms with Crippen LogP contribution in [0.2, 0.25) is 0 Å². The average molecular weight is 307 g/mol. The van der Waals surface area contributed by atoms with Crippen molar-refractivity contribution in [2.24, 2.45) is 7.05 Å². The van der Waals surface area contributed by atoms with Crippen molar-refractivity contribution in [2.45, 2.75) is 25.5 Å². The fraction of sp³-hybridized carbons (Fsp3) is 0.438. The molecule has 0 bridgehead atoms. The maximum absolute atomic E-state index is 13.4. The first-order valence-corrected chi connectivity index (χ1v) is 7.12. The number of rotatable bonds is 6. The van der Waals surface area contributed by atoms with E-state index in [1.54, 1.807) is 43.2 Å². The van der Waals surface area contributed by atoms with Crippen molar-refractivity contribution in [3.63, 3.8) is 0 Å². The van der Waals surface area contributed by atoms with E-state index in [1.165, 1.54) is 13.2 Å². The molecule has 0 saturated heterocycles. The normalized spacial score (nSPS) is 15.4. The quantitative estimate of drug-likeness (QED) is 0.858. The Balaban J connectivity index is 2.04. The number of nitrogens with one attached hydrogen (secondary N) is 1. The summed E-state index contributed by atoms with van der Waals surface area (Å²) in [5.74, 6) is -0.175. The molecule has 0 spiro atoms. The Morgan fingerprint density at radius 3 is 2.82 bits per heavy atom. The number of aliphatic hydroxyl groups is 1. The van der Waals surface area contributed by atoms with Gasteiger partial charge in [0.2, 0.25) is 0 Å². The first-order valence-electron chi connectivity index (χ1n) is 7.12. The molecule has 2 N–H and O–H groups in total. The van der Waals surface area contributed by atoms with Crippen LogP contribution in [0, 0.1) is 5.82 Å². The zero-order valence-corrected chi connectivity index (χ0v) is 13.3. The summed E-state index contributed by atoms with van der Waals surface area (Å²) in [7, 11) is 3.24. The highest BCUT2D eigenvalue weighted by molar-refractivity contribution is 5.32. The van der Waals surface area contributed by atoms with Gasteiger partial charge in [-0.1, -0.05) is 6.07 Å². The van der Waals surface area contributed by atoms with Crippen molar-refractivity contribution in [3.05, 3.63) is 47.5 Å². The van der Waals surface area contributed by atoms with Crippen molar-refractivity contribution in [3.8, 4) is 5.75 Å². The molecule has 0 aliphatic rings. The second-order valence-corrected chi connectivity index (χ2v) is 5.67. The molecule has 1 aromatic heterocycles. The molecule has 2 rings (SSSR count). The summed E-state index contributed by atoms with van der Waals surface area (Å²) < 4.78 is 20.1. The number of methoxy groups -OCH3 is 1. The van der Waals surface area contributed by atoms with E-state index in [0.29, 0.717) is 6.54 Å². The van der Waals surface area contributed by atoms with Gasteiger partial charge in [-0.05, 0) is 31.5 Å². The van der Waals surface area contributed by atoms with Gasteiger partial charge < -0.3 is 15.2 Å². The number of nitrogens with zero attached hydrogens (tertiary/aromatic N) is 2. The second-order valence-electron chi connectivity index (χ2n) is 5.67. The van der Waals surface area contributed by atoms with Gasteiger partial charge in [-0.15, -0.1) is 0 Å². The van der Waals surface area contributed by atoms with Crippen molar-refractivity contribution < 1.29 is 14.2 Å². The fourth-order valence-electron chi connectivity index (χ4n) is 2.22. The lowest BCUT2D eigenvalue weighted by atomic mass is 9.98. The number of halogens is 1. The molecule has 120 valence electrons. The SMILES string of the molecule is COc1cc(C(C)NCC(C)(O)c2cnn(C)c2)ccc1F. The maximum atomic E-state index is 13.4. The Hall–Kier alpha value is -1.92. The van der Waals surface area contributed by atoms with E-state index < -0.39 is 5.60 Å². The number of hydrogen-bond donors (Lipinski definition) is 2. The summed E-state index contributed by atoms with van der Waals surface area (Å²) in [4.78, 5) is 0. The number of aryl methyl sites for hydroxylation is 1. The fourth-order valence-corrected chi connectivity index (χ4v) is 2.22. The molecule has 0 radical (unpaired) electrons. The third-order valence-corrected chi connectivity index (χ3v) is 3.75. The number of aromatic nitrogens is 2. The summed E-state index contributed by atoms with van der Waals surface area (Å²) in [6.07, 6.45) is 3.43. The van der Waals surface area contributed by atoms with E-state index in [-0.39, 0.29) is 17.6 Å². The van der Waals surface area contributed by atoms with Gasteiger partial charge in [0, 0.05) is 31.4 Å². The average Bonchev–Trinajstić information content (AvgIpc) is 2.93. The van der Waals surface area contributed by atoms with Gasteiger partial charge in [0.15, 0.2) is 11.6 Å². The van der Waals surface area contributed by atoms with Crippen LogP contribution in [0.1, 0.15) is 31.0 Å².